The summed E-state index contributed by atoms with van der Waals surface area (Å²) in [5.41, 5.74) is 1.27. The second-order valence-corrected chi connectivity index (χ2v) is 8.06. The Labute approximate surface area is 165 Å². The molecule has 2 aromatic rings. The van der Waals surface area contributed by atoms with Crippen LogP contribution in [0.4, 0.5) is 5.13 Å². The van der Waals surface area contributed by atoms with Gasteiger partial charge in [0.25, 0.3) is 5.91 Å². The van der Waals surface area contributed by atoms with Crippen molar-refractivity contribution in [1.29, 1.82) is 0 Å². The number of carbonyl (C=O) groups excluding carboxylic acids is 1. The van der Waals surface area contributed by atoms with Crippen LogP contribution in [0, 0.1) is 0 Å². The van der Waals surface area contributed by atoms with Crippen molar-refractivity contribution in [2.45, 2.75) is 31.8 Å². The number of carbonyl (C=O) groups is 1. The molecule has 1 amide bonds. The van der Waals surface area contributed by atoms with E-state index in [0.29, 0.717) is 16.9 Å². The van der Waals surface area contributed by atoms with Crippen molar-refractivity contribution in [2.75, 3.05) is 39.1 Å². The van der Waals surface area contributed by atoms with E-state index in [1.807, 2.05) is 17.5 Å². The Bertz CT molecular complexity index is 703. The van der Waals surface area contributed by atoms with Gasteiger partial charge in [-0.25, -0.2) is 4.98 Å². The highest BCUT2D eigenvalue weighted by atomic mass is 32.1. The van der Waals surface area contributed by atoms with Gasteiger partial charge in [-0.2, -0.15) is 0 Å². The van der Waals surface area contributed by atoms with Gasteiger partial charge in [0.1, 0.15) is 5.75 Å². The fourth-order valence-corrected chi connectivity index (χ4v) is 3.84. The van der Waals surface area contributed by atoms with E-state index in [0.717, 1.165) is 19.6 Å². The monoisotopic (exact) mass is 388 g/mol. The van der Waals surface area contributed by atoms with Crippen molar-refractivity contribution < 1.29 is 9.53 Å². The van der Waals surface area contributed by atoms with E-state index >= 15 is 0 Å². The van der Waals surface area contributed by atoms with E-state index in [4.69, 9.17) is 4.74 Å². The van der Waals surface area contributed by atoms with Crippen LogP contribution in [0.2, 0.25) is 0 Å². The third-order valence-corrected chi connectivity index (χ3v) is 5.53. The number of thiazole rings is 1. The van der Waals surface area contributed by atoms with Gasteiger partial charge in [-0.05, 0) is 51.2 Å². The minimum absolute atomic E-state index is 0.0183. The van der Waals surface area contributed by atoms with Crippen molar-refractivity contribution >= 4 is 22.4 Å². The van der Waals surface area contributed by atoms with Crippen LogP contribution >= 0.6 is 11.3 Å². The SMILES string of the molecule is CN(C)[C@H]1CCCCN(Cc2ccc(OCC(=O)Nc3nccs3)cc2)C1. The Kier molecular flexibility index (Phi) is 7.20. The lowest BCUT2D eigenvalue weighted by atomic mass is 10.1. The van der Waals surface area contributed by atoms with Crippen LogP contribution in [-0.2, 0) is 11.3 Å². The minimum atomic E-state index is -0.201. The molecule has 1 N–H and O–H groups in total. The number of anilines is 1. The first-order chi connectivity index (χ1) is 13.1. The molecule has 0 bridgehead atoms. The van der Waals surface area contributed by atoms with Crippen LogP contribution in [0.5, 0.6) is 5.75 Å². The summed E-state index contributed by atoms with van der Waals surface area (Å²) in [5, 5.41) is 5.12. The highest BCUT2D eigenvalue weighted by Gasteiger charge is 2.19. The standard InChI is InChI=1S/C20H28N4O2S/c1-23(2)17-5-3-4-11-24(14-17)13-16-6-8-18(9-7-16)26-15-19(25)22-20-21-10-12-27-20/h6-10,12,17H,3-5,11,13-15H2,1-2H3,(H,21,22,25)/t17-/m0/s1. The zero-order valence-corrected chi connectivity index (χ0v) is 16.9. The molecule has 0 aliphatic carbocycles. The molecular weight excluding hydrogens is 360 g/mol. The molecule has 0 unspecified atom stereocenters. The van der Waals surface area contributed by atoms with Gasteiger partial charge in [0.05, 0.1) is 0 Å². The number of hydrogen-bond donors (Lipinski definition) is 1. The number of rotatable bonds is 7. The largest absolute Gasteiger partial charge is 0.484 e. The molecule has 0 spiro atoms. The maximum Gasteiger partial charge on any atom is 0.264 e. The summed E-state index contributed by atoms with van der Waals surface area (Å²) in [6.07, 6.45) is 5.50. The van der Waals surface area contributed by atoms with Gasteiger partial charge in [-0.1, -0.05) is 18.6 Å². The molecule has 1 saturated heterocycles. The molecule has 0 radical (unpaired) electrons. The fourth-order valence-electron chi connectivity index (χ4n) is 3.30. The van der Waals surface area contributed by atoms with E-state index in [2.05, 4.69) is 46.3 Å². The van der Waals surface area contributed by atoms with E-state index in [-0.39, 0.29) is 12.5 Å². The molecule has 1 aromatic carbocycles. The molecule has 27 heavy (non-hydrogen) atoms. The minimum Gasteiger partial charge on any atom is -0.484 e. The van der Waals surface area contributed by atoms with Gasteiger partial charge < -0.3 is 9.64 Å². The Morgan fingerprint density at radius 1 is 1.33 bits per heavy atom. The van der Waals surface area contributed by atoms with Crippen molar-refractivity contribution in [2.24, 2.45) is 0 Å². The van der Waals surface area contributed by atoms with Gasteiger partial charge in [0, 0.05) is 30.7 Å². The first-order valence-corrected chi connectivity index (χ1v) is 10.3. The molecule has 3 rings (SSSR count). The summed E-state index contributed by atoms with van der Waals surface area (Å²) < 4.78 is 5.57. The van der Waals surface area contributed by atoms with Gasteiger partial charge in [0.2, 0.25) is 0 Å². The summed E-state index contributed by atoms with van der Waals surface area (Å²) >= 11 is 1.39. The van der Waals surface area contributed by atoms with Crippen molar-refractivity contribution in [3.05, 3.63) is 41.4 Å². The summed E-state index contributed by atoms with van der Waals surface area (Å²) in [4.78, 5) is 20.8. The van der Waals surface area contributed by atoms with E-state index in [1.54, 1.807) is 6.20 Å². The van der Waals surface area contributed by atoms with Crippen LogP contribution in [0.1, 0.15) is 24.8 Å². The average Bonchev–Trinajstić information content (AvgIpc) is 3.04. The number of amides is 1. The van der Waals surface area contributed by atoms with Crippen molar-refractivity contribution in [3.63, 3.8) is 0 Å². The number of benzene rings is 1. The Morgan fingerprint density at radius 2 is 2.15 bits per heavy atom. The van der Waals surface area contributed by atoms with Crippen LogP contribution in [0.25, 0.3) is 0 Å². The van der Waals surface area contributed by atoms with E-state index in [9.17, 15) is 4.79 Å². The summed E-state index contributed by atoms with van der Waals surface area (Å²) in [6.45, 7) is 3.20. The maximum absolute atomic E-state index is 11.9. The summed E-state index contributed by atoms with van der Waals surface area (Å²) in [6, 6.07) is 8.68. The normalized spacial score (nSPS) is 18.3. The van der Waals surface area contributed by atoms with Gasteiger partial charge >= 0.3 is 0 Å². The second-order valence-electron chi connectivity index (χ2n) is 7.17. The molecular formula is C20H28N4O2S. The number of nitrogens with one attached hydrogen (secondary N) is 1. The quantitative estimate of drug-likeness (QED) is 0.790. The van der Waals surface area contributed by atoms with Crippen LogP contribution < -0.4 is 10.1 Å². The predicted molar refractivity (Wildman–Crippen MR) is 109 cm³/mol. The lowest BCUT2D eigenvalue weighted by Gasteiger charge is -2.28. The molecule has 1 aliphatic rings. The molecule has 2 heterocycles. The molecule has 1 atom stereocenters. The Balaban J connectivity index is 1.47. The molecule has 7 heteroatoms. The fraction of sp³-hybridized carbons (Fsp3) is 0.500. The zero-order valence-electron chi connectivity index (χ0n) is 16.1. The molecule has 0 saturated carbocycles. The van der Waals surface area contributed by atoms with Crippen molar-refractivity contribution in [1.82, 2.24) is 14.8 Å². The number of aromatic nitrogens is 1. The van der Waals surface area contributed by atoms with Crippen molar-refractivity contribution in [3.8, 4) is 5.75 Å². The maximum atomic E-state index is 11.9. The molecule has 1 aliphatic heterocycles. The van der Waals surface area contributed by atoms with Crippen LogP contribution in [0.3, 0.4) is 0 Å². The third kappa shape index (κ3) is 6.30. The summed E-state index contributed by atoms with van der Waals surface area (Å²) in [7, 11) is 4.34. The topological polar surface area (TPSA) is 57.7 Å². The van der Waals surface area contributed by atoms with Gasteiger partial charge in [-0.3, -0.25) is 15.0 Å². The van der Waals surface area contributed by atoms with Gasteiger partial charge in [0.15, 0.2) is 11.7 Å². The average molecular weight is 389 g/mol. The number of likely N-dealkylation sites (N-methyl/N-ethyl adjacent to an activating group) is 1. The third-order valence-electron chi connectivity index (χ3n) is 4.84. The molecule has 146 valence electrons. The summed E-state index contributed by atoms with van der Waals surface area (Å²) in [5.74, 6) is 0.503. The second kappa shape index (κ2) is 9.82. The highest BCUT2D eigenvalue weighted by Crippen LogP contribution is 2.18. The van der Waals surface area contributed by atoms with Crippen LogP contribution in [0.15, 0.2) is 35.8 Å². The van der Waals surface area contributed by atoms with Gasteiger partial charge in [-0.15, -0.1) is 11.3 Å². The molecule has 1 fully saturated rings. The highest BCUT2D eigenvalue weighted by molar-refractivity contribution is 7.13. The number of hydrogen-bond acceptors (Lipinski definition) is 6. The first-order valence-electron chi connectivity index (χ1n) is 9.40. The smallest absolute Gasteiger partial charge is 0.264 e. The number of likely N-dealkylation sites (tertiary alicyclic amines) is 1. The Hall–Kier alpha value is -1.96. The van der Waals surface area contributed by atoms with E-state index < -0.39 is 0 Å². The lowest BCUT2D eigenvalue weighted by molar-refractivity contribution is -0.118. The Morgan fingerprint density at radius 3 is 2.85 bits per heavy atom. The number of nitrogens with zero attached hydrogens (tertiary/aromatic N) is 3. The zero-order chi connectivity index (χ0) is 19.1. The predicted octanol–water partition coefficient (Wildman–Crippen LogP) is 3.08. The lowest BCUT2D eigenvalue weighted by Crippen LogP contribution is -2.38. The van der Waals surface area contributed by atoms with Crippen LogP contribution in [-0.4, -0.2) is 60.5 Å². The first kappa shape index (κ1) is 19.8. The van der Waals surface area contributed by atoms with E-state index in [1.165, 1.54) is 36.2 Å². The molecule has 6 nitrogen and oxygen atoms in total. The molecule has 1 aromatic heterocycles. The number of ether oxygens (including phenoxy) is 1.